The molecule has 1 saturated carbocycles. The number of hydrogen-bond acceptors (Lipinski definition) is 3. The van der Waals surface area contributed by atoms with Crippen LogP contribution >= 0.6 is 0 Å². The summed E-state index contributed by atoms with van der Waals surface area (Å²) in [6.45, 7) is 0.600. The number of nitrogens with zero attached hydrogens (tertiary/aromatic N) is 2. The Morgan fingerprint density at radius 3 is 2.59 bits per heavy atom. The third-order valence-corrected chi connectivity index (χ3v) is 5.99. The number of likely N-dealkylation sites (N-methyl/N-ethyl adjacent to an activating group) is 1. The molecule has 6 nitrogen and oxygen atoms in total. The van der Waals surface area contributed by atoms with Gasteiger partial charge in [0.05, 0.1) is 11.5 Å². The van der Waals surface area contributed by atoms with E-state index in [1.165, 1.54) is 23.1 Å². The first-order chi connectivity index (χ1) is 12.8. The molecule has 1 heterocycles. The summed E-state index contributed by atoms with van der Waals surface area (Å²) in [6, 6.07) is 2.61. The van der Waals surface area contributed by atoms with Crippen molar-refractivity contribution in [1.82, 2.24) is 15.1 Å². The van der Waals surface area contributed by atoms with Crippen LogP contribution in [0.3, 0.4) is 0 Å². The van der Waals surface area contributed by atoms with Crippen molar-refractivity contribution >= 4 is 12.0 Å². The zero-order chi connectivity index (χ0) is 19.8. The van der Waals surface area contributed by atoms with Gasteiger partial charge in [-0.05, 0) is 45.0 Å². The van der Waals surface area contributed by atoms with Gasteiger partial charge in [0, 0.05) is 25.2 Å². The standard InChI is InChI=1S/C19H25F2N3O3/c1-23(2)15(16-13(20)6-3-7-14(16)21)9-22-18(27)24-10-12-5-4-8-19(12,11-24)17(25)26/h3,6-7,12,15H,4-5,8-11H2,1-2H3,(H,22,27)(H,25,26)/t12-,15?,19+/m0/s1. The summed E-state index contributed by atoms with van der Waals surface area (Å²) in [5.74, 6) is -2.21. The molecule has 1 saturated heterocycles. The molecule has 2 amide bonds. The van der Waals surface area contributed by atoms with Crippen LogP contribution in [0.1, 0.15) is 30.9 Å². The summed E-state index contributed by atoms with van der Waals surface area (Å²) in [7, 11) is 3.37. The zero-order valence-corrected chi connectivity index (χ0v) is 15.5. The number of carboxylic acids is 1. The number of amides is 2. The van der Waals surface area contributed by atoms with E-state index in [2.05, 4.69) is 5.32 Å². The molecule has 2 N–H and O–H groups in total. The van der Waals surface area contributed by atoms with Gasteiger partial charge in [-0.2, -0.15) is 0 Å². The minimum atomic E-state index is -0.851. The number of nitrogens with one attached hydrogen (secondary N) is 1. The topological polar surface area (TPSA) is 72.9 Å². The molecule has 8 heteroatoms. The molecular weight excluding hydrogens is 356 g/mol. The van der Waals surface area contributed by atoms with Crippen LogP contribution in [0.25, 0.3) is 0 Å². The number of aliphatic carboxylic acids is 1. The van der Waals surface area contributed by atoms with Gasteiger partial charge in [0.2, 0.25) is 0 Å². The van der Waals surface area contributed by atoms with E-state index >= 15 is 0 Å². The second-order valence-corrected chi connectivity index (χ2v) is 7.73. The molecule has 2 fully saturated rings. The smallest absolute Gasteiger partial charge is 0.317 e. The quantitative estimate of drug-likeness (QED) is 0.822. The van der Waals surface area contributed by atoms with Gasteiger partial charge in [-0.1, -0.05) is 12.5 Å². The van der Waals surface area contributed by atoms with E-state index in [4.69, 9.17) is 0 Å². The molecule has 0 spiro atoms. The van der Waals surface area contributed by atoms with Crippen molar-refractivity contribution in [2.45, 2.75) is 25.3 Å². The molecule has 1 unspecified atom stereocenters. The van der Waals surface area contributed by atoms with Crippen LogP contribution in [-0.2, 0) is 4.79 Å². The lowest BCUT2D eigenvalue weighted by Gasteiger charge is -2.27. The van der Waals surface area contributed by atoms with Crippen LogP contribution in [0.2, 0.25) is 0 Å². The normalized spacial score (nSPS) is 25.5. The van der Waals surface area contributed by atoms with Gasteiger partial charge in [-0.15, -0.1) is 0 Å². The van der Waals surface area contributed by atoms with Crippen LogP contribution in [0.5, 0.6) is 0 Å². The molecule has 0 bridgehead atoms. The van der Waals surface area contributed by atoms with Gasteiger partial charge in [0.25, 0.3) is 0 Å². The van der Waals surface area contributed by atoms with Crippen LogP contribution in [0.15, 0.2) is 18.2 Å². The highest BCUT2D eigenvalue weighted by Crippen LogP contribution is 2.48. The maximum Gasteiger partial charge on any atom is 0.317 e. The molecule has 2 aliphatic rings. The van der Waals surface area contributed by atoms with Crippen molar-refractivity contribution in [3.63, 3.8) is 0 Å². The van der Waals surface area contributed by atoms with E-state index in [-0.39, 0.29) is 24.6 Å². The van der Waals surface area contributed by atoms with Gasteiger partial charge in [-0.25, -0.2) is 13.6 Å². The molecule has 0 aromatic heterocycles. The lowest BCUT2D eigenvalue weighted by Crippen LogP contribution is -2.44. The SMILES string of the molecule is CN(C)C(CNC(=O)N1C[C@@H]2CCC[C@@]2(C(=O)O)C1)c1c(F)cccc1F. The summed E-state index contributed by atoms with van der Waals surface area (Å²) in [6.07, 6.45) is 2.25. The number of fused-ring (bicyclic) bond motifs is 1. The number of likely N-dealkylation sites (tertiary alicyclic amines) is 1. The van der Waals surface area contributed by atoms with E-state index in [0.29, 0.717) is 13.0 Å². The Kier molecular flexibility index (Phi) is 5.37. The predicted molar refractivity (Wildman–Crippen MR) is 95.2 cm³/mol. The van der Waals surface area contributed by atoms with Crippen molar-refractivity contribution in [3.8, 4) is 0 Å². The Hall–Kier alpha value is -2.22. The summed E-state index contributed by atoms with van der Waals surface area (Å²) >= 11 is 0. The van der Waals surface area contributed by atoms with Crippen molar-refractivity contribution in [1.29, 1.82) is 0 Å². The average Bonchev–Trinajstić information content (AvgIpc) is 3.15. The maximum absolute atomic E-state index is 14.1. The molecular formula is C19H25F2N3O3. The second-order valence-electron chi connectivity index (χ2n) is 7.73. The van der Waals surface area contributed by atoms with Crippen molar-refractivity contribution in [2.24, 2.45) is 11.3 Å². The fourth-order valence-electron chi connectivity index (χ4n) is 4.46. The Morgan fingerprint density at radius 2 is 2.04 bits per heavy atom. The number of rotatable bonds is 5. The van der Waals surface area contributed by atoms with Gasteiger partial charge in [-0.3, -0.25) is 4.79 Å². The van der Waals surface area contributed by atoms with E-state index in [1.807, 2.05) is 0 Å². The molecule has 1 aromatic rings. The highest BCUT2D eigenvalue weighted by Gasteiger charge is 2.55. The van der Waals surface area contributed by atoms with Crippen molar-refractivity contribution < 1.29 is 23.5 Å². The molecule has 3 atom stereocenters. The molecule has 1 aliphatic carbocycles. The third-order valence-electron chi connectivity index (χ3n) is 5.99. The highest BCUT2D eigenvalue weighted by atomic mass is 19.1. The highest BCUT2D eigenvalue weighted by molar-refractivity contribution is 5.80. The number of benzene rings is 1. The van der Waals surface area contributed by atoms with Crippen LogP contribution in [0, 0.1) is 23.0 Å². The molecule has 27 heavy (non-hydrogen) atoms. The number of urea groups is 1. The van der Waals surface area contributed by atoms with E-state index in [0.717, 1.165) is 12.8 Å². The van der Waals surface area contributed by atoms with Gasteiger partial charge < -0.3 is 20.2 Å². The number of halogens is 2. The van der Waals surface area contributed by atoms with Gasteiger partial charge >= 0.3 is 12.0 Å². The predicted octanol–water partition coefficient (Wildman–Crippen LogP) is 2.46. The Balaban J connectivity index is 1.68. The van der Waals surface area contributed by atoms with Crippen LogP contribution in [0.4, 0.5) is 13.6 Å². The first kappa shape index (κ1) is 19.5. The number of hydrogen-bond donors (Lipinski definition) is 2. The van der Waals surface area contributed by atoms with Gasteiger partial charge in [0.15, 0.2) is 0 Å². The molecule has 0 radical (unpaired) electrons. The Morgan fingerprint density at radius 1 is 1.37 bits per heavy atom. The fourth-order valence-corrected chi connectivity index (χ4v) is 4.46. The van der Waals surface area contributed by atoms with Crippen LogP contribution in [-0.4, -0.2) is 60.6 Å². The molecule has 1 aromatic carbocycles. The minimum absolute atomic E-state index is 0.0188. The fraction of sp³-hybridized carbons (Fsp3) is 0.579. The largest absolute Gasteiger partial charge is 0.481 e. The van der Waals surface area contributed by atoms with Crippen LogP contribution < -0.4 is 5.32 Å². The summed E-state index contributed by atoms with van der Waals surface area (Å²) in [5.41, 5.74) is -0.946. The summed E-state index contributed by atoms with van der Waals surface area (Å²) in [4.78, 5) is 27.5. The third kappa shape index (κ3) is 3.50. The molecule has 3 rings (SSSR count). The summed E-state index contributed by atoms with van der Waals surface area (Å²) < 4.78 is 28.3. The first-order valence-corrected chi connectivity index (χ1v) is 9.13. The summed E-state index contributed by atoms with van der Waals surface area (Å²) in [5, 5.41) is 12.3. The number of carbonyl (C=O) groups is 2. The molecule has 148 valence electrons. The first-order valence-electron chi connectivity index (χ1n) is 9.13. The zero-order valence-electron chi connectivity index (χ0n) is 15.5. The van der Waals surface area contributed by atoms with E-state index in [1.54, 1.807) is 19.0 Å². The van der Waals surface area contributed by atoms with E-state index in [9.17, 15) is 23.5 Å². The minimum Gasteiger partial charge on any atom is -0.481 e. The van der Waals surface area contributed by atoms with Crippen molar-refractivity contribution in [3.05, 3.63) is 35.4 Å². The lowest BCUT2D eigenvalue weighted by atomic mass is 9.81. The number of carbonyl (C=O) groups excluding carboxylic acids is 1. The number of carboxylic acid groups (broad SMARTS) is 1. The van der Waals surface area contributed by atoms with Gasteiger partial charge in [0.1, 0.15) is 11.6 Å². The Bertz CT molecular complexity index is 723. The van der Waals surface area contributed by atoms with E-state index < -0.39 is 35.1 Å². The maximum atomic E-state index is 14.1. The second kappa shape index (κ2) is 7.42. The Labute approximate surface area is 157 Å². The monoisotopic (exact) mass is 381 g/mol. The lowest BCUT2D eigenvalue weighted by molar-refractivity contribution is -0.149. The average molecular weight is 381 g/mol. The molecule has 1 aliphatic heterocycles. The van der Waals surface area contributed by atoms with Crippen molar-refractivity contribution in [2.75, 3.05) is 33.7 Å².